The van der Waals surface area contributed by atoms with Crippen molar-refractivity contribution in [1.29, 1.82) is 0 Å². The normalized spacial score (nSPS) is 12.2. The largest absolute Gasteiger partial charge is 0.465 e. The van der Waals surface area contributed by atoms with E-state index >= 15 is 0 Å². The van der Waals surface area contributed by atoms with Gasteiger partial charge in [-0.25, -0.2) is 13.2 Å². The molecule has 0 unspecified atom stereocenters. The van der Waals surface area contributed by atoms with Crippen LogP contribution in [0.5, 0.6) is 0 Å². The quantitative estimate of drug-likeness (QED) is 0.698. The van der Waals surface area contributed by atoms with Gasteiger partial charge < -0.3 is 4.74 Å². The number of ether oxygens (including phenoxy) is 1. The maximum Gasteiger partial charge on any atom is 0.337 e. The lowest BCUT2D eigenvalue weighted by atomic mass is 10.2. The number of carbonyl (C=O) groups is 1. The fraction of sp³-hybridized carbons (Fsp3) is 0.562. The Labute approximate surface area is 143 Å². The Morgan fingerprint density at radius 1 is 1.17 bits per heavy atom. The Balaban J connectivity index is 3.35. The number of hydrogen-bond acceptors (Lipinski definition) is 4. The zero-order chi connectivity index (χ0) is 17.8. The second kappa shape index (κ2) is 8.13. The molecule has 0 heterocycles. The molecule has 0 atom stereocenters. The Morgan fingerprint density at radius 3 is 2.13 bits per heavy atom. The molecule has 1 aromatic rings. The molecule has 1 rings (SSSR count). The van der Waals surface area contributed by atoms with E-state index in [2.05, 4.69) is 4.74 Å². The zero-order valence-electron chi connectivity index (χ0n) is 14.2. The number of sulfonamides is 1. The molecule has 0 saturated carbocycles. The lowest BCUT2D eigenvalue weighted by Gasteiger charge is -2.26. The third kappa shape index (κ3) is 5.19. The average Bonchev–Trinajstić information content (AvgIpc) is 2.45. The van der Waals surface area contributed by atoms with E-state index in [0.717, 1.165) is 0 Å². The van der Waals surface area contributed by atoms with Crippen molar-refractivity contribution in [2.45, 2.75) is 32.6 Å². The molecule has 5 nitrogen and oxygen atoms in total. The van der Waals surface area contributed by atoms with Gasteiger partial charge in [0.15, 0.2) is 0 Å². The van der Waals surface area contributed by atoms with Crippen LogP contribution in [0.3, 0.4) is 0 Å². The van der Waals surface area contributed by atoms with E-state index < -0.39 is 16.0 Å². The fourth-order valence-electron chi connectivity index (χ4n) is 2.17. The standard InChI is InChI=1S/C16H24ClNO4S/c1-11(2)9-18(10-12(3)4)23(20,21)15-8-13(16(19)22-5)6-7-14(15)17/h6-8,11-12H,9-10H2,1-5H3. The summed E-state index contributed by atoms with van der Waals surface area (Å²) in [6, 6.07) is 4.13. The number of carbonyl (C=O) groups excluding carboxylic acids is 1. The van der Waals surface area contributed by atoms with E-state index in [1.165, 1.54) is 29.6 Å². The van der Waals surface area contributed by atoms with Crippen LogP contribution >= 0.6 is 11.6 Å². The monoisotopic (exact) mass is 361 g/mol. The second-order valence-electron chi connectivity index (χ2n) is 6.25. The van der Waals surface area contributed by atoms with Gasteiger partial charge in [-0.15, -0.1) is 0 Å². The average molecular weight is 362 g/mol. The van der Waals surface area contributed by atoms with Crippen molar-refractivity contribution >= 4 is 27.6 Å². The van der Waals surface area contributed by atoms with E-state index in [1.54, 1.807) is 0 Å². The smallest absolute Gasteiger partial charge is 0.337 e. The molecule has 0 amide bonds. The zero-order valence-corrected chi connectivity index (χ0v) is 15.7. The minimum absolute atomic E-state index is 0.0663. The van der Waals surface area contributed by atoms with Crippen LogP contribution in [-0.2, 0) is 14.8 Å². The topological polar surface area (TPSA) is 63.7 Å². The fourth-order valence-corrected chi connectivity index (χ4v) is 4.44. The van der Waals surface area contributed by atoms with Crippen molar-refractivity contribution in [2.75, 3.05) is 20.2 Å². The molecule has 23 heavy (non-hydrogen) atoms. The van der Waals surface area contributed by atoms with Crippen LogP contribution in [-0.4, -0.2) is 38.9 Å². The molecular weight excluding hydrogens is 338 g/mol. The summed E-state index contributed by atoms with van der Waals surface area (Å²) in [7, 11) is -2.55. The van der Waals surface area contributed by atoms with Crippen LogP contribution in [0.4, 0.5) is 0 Å². The van der Waals surface area contributed by atoms with Crippen LogP contribution < -0.4 is 0 Å². The molecule has 0 aliphatic carbocycles. The summed E-state index contributed by atoms with van der Waals surface area (Å²) in [5, 5.41) is 0.0927. The van der Waals surface area contributed by atoms with Gasteiger partial charge in [-0.1, -0.05) is 39.3 Å². The van der Waals surface area contributed by atoms with Gasteiger partial charge in [0.25, 0.3) is 0 Å². The summed E-state index contributed by atoms with van der Waals surface area (Å²) in [4.78, 5) is 11.6. The van der Waals surface area contributed by atoms with Crippen molar-refractivity contribution in [3.05, 3.63) is 28.8 Å². The number of rotatable bonds is 7. The van der Waals surface area contributed by atoms with E-state index in [-0.39, 0.29) is 27.3 Å². The van der Waals surface area contributed by atoms with Crippen LogP contribution in [0, 0.1) is 11.8 Å². The van der Waals surface area contributed by atoms with E-state index in [1.807, 2.05) is 27.7 Å². The highest BCUT2D eigenvalue weighted by Crippen LogP contribution is 2.27. The van der Waals surface area contributed by atoms with Crippen LogP contribution in [0.15, 0.2) is 23.1 Å². The Hall–Kier alpha value is -1.11. The van der Waals surface area contributed by atoms with Gasteiger partial charge in [-0.2, -0.15) is 4.31 Å². The van der Waals surface area contributed by atoms with Gasteiger partial charge in [-0.05, 0) is 30.0 Å². The molecule has 0 N–H and O–H groups in total. The molecular formula is C16H24ClNO4S. The summed E-state index contributed by atoms with van der Waals surface area (Å²) in [6.45, 7) is 8.59. The summed E-state index contributed by atoms with van der Waals surface area (Å²) >= 11 is 6.09. The highest BCUT2D eigenvalue weighted by molar-refractivity contribution is 7.89. The first kappa shape index (κ1) is 19.9. The summed E-state index contributed by atoms with van der Waals surface area (Å²) in [5.74, 6) is -0.255. The van der Waals surface area contributed by atoms with Crippen LogP contribution in [0.1, 0.15) is 38.1 Å². The van der Waals surface area contributed by atoms with Gasteiger partial charge in [0.05, 0.1) is 17.7 Å². The van der Waals surface area contributed by atoms with Crippen molar-refractivity contribution in [3.8, 4) is 0 Å². The highest BCUT2D eigenvalue weighted by Gasteiger charge is 2.28. The molecule has 0 fully saturated rings. The van der Waals surface area contributed by atoms with Gasteiger partial charge in [-0.3, -0.25) is 0 Å². The number of methoxy groups -OCH3 is 1. The molecule has 130 valence electrons. The minimum atomic E-state index is -3.79. The van der Waals surface area contributed by atoms with Crippen molar-refractivity contribution in [1.82, 2.24) is 4.31 Å². The predicted molar refractivity (Wildman–Crippen MR) is 91.2 cm³/mol. The maximum atomic E-state index is 13.0. The molecule has 7 heteroatoms. The van der Waals surface area contributed by atoms with Crippen molar-refractivity contribution in [3.63, 3.8) is 0 Å². The first-order valence-corrected chi connectivity index (χ1v) is 9.29. The highest BCUT2D eigenvalue weighted by atomic mass is 35.5. The van der Waals surface area contributed by atoms with Gasteiger partial charge in [0.1, 0.15) is 4.90 Å². The minimum Gasteiger partial charge on any atom is -0.465 e. The Kier molecular flexibility index (Phi) is 7.04. The molecule has 0 saturated heterocycles. The summed E-state index contributed by atoms with van der Waals surface area (Å²) in [6.07, 6.45) is 0. The molecule has 0 aliphatic heterocycles. The van der Waals surface area contributed by atoms with E-state index in [9.17, 15) is 13.2 Å². The number of hydrogen-bond donors (Lipinski definition) is 0. The first-order valence-electron chi connectivity index (χ1n) is 7.47. The SMILES string of the molecule is COC(=O)c1ccc(Cl)c(S(=O)(=O)N(CC(C)C)CC(C)C)c1. The summed E-state index contributed by atoms with van der Waals surface area (Å²) < 4.78 is 32.0. The van der Waals surface area contributed by atoms with Crippen molar-refractivity contribution < 1.29 is 17.9 Å². The second-order valence-corrected chi connectivity index (χ2v) is 8.56. The number of nitrogens with zero attached hydrogens (tertiary/aromatic N) is 1. The maximum absolute atomic E-state index is 13.0. The third-order valence-electron chi connectivity index (χ3n) is 3.11. The van der Waals surface area contributed by atoms with E-state index in [4.69, 9.17) is 11.6 Å². The van der Waals surface area contributed by atoms with Crippen LogP contribution in [0.2, 0.25) is 5.02 Å². The third-order valence-corrected chi connectivity index (χ3v) is 5.42. The molecule has 0 spiro atoms. The van der Waals surface area contributed by atoms with Gasteiger partial charge in [0, 0.05) is 13.1 Å². The predicted octanol–water partition coefficient (Wildman–Crippen LogP) is 3.43. The molecule has 1 aromatic carbocycles. The first-order chi connectivity index (χ1) is 10.6. The van der Waals surface area contributed by atoms with Gasteiger partial charge in [0.2, 0.25) is 10.0 Å². The lowest BCUT2D eigenvalue weighted by Crippen LogP contribution is -2.37. The number of halogens is 1. The summed E-state index contributed by atoms with van der Waals surface area (Å²) in [5.41, 5.74) is 0.157. The lowest BCUT2D eigenvalue weighted by molar-refractivity contribution is 0.0600. The molecule has 0 radical (unpaired) electrons. The molecule has 0 bridgehead atoms. The molecule has 0 aliphatic rings. The molecule has 0 aromatic heterocycles. The number of esters is 1. The van der Waals surface area contributed by atoms with Gasteiger partial charge >= 0.3 is 5.97 Å². The Morgan fingerprint density at radius 2 is 1.70 bits per heavy atom. The Bertz CT molecular complexity index is 646. The number of benzene rings is 1. The van der Waals surface area contributed by atoms with Crippen LogP contribution in [0.25, 0.3) is 0 Å². The van der Waals surface area contributed by atoms with E-state index in [0.29, 0.717) is 13.1 Å². The van der Waals surface area contributed by atoms with Crippen molar-refractivity contribution in [2.24, 2.45) is 11.8 Å².